The molecule has 9 heteroatoms. The molecular formula is C30H24ClFN2O4S. The molecule has 5 rings (SSSR count). The first kappa shape index (κ1) is 26.6. The number of carbonyl (C=O) groups excluding carboxylic acids is 1. The molecule has 1 aromatic heterocycles. The third-order valence-corrected chi connectivity index (χ3v) is 7.43. The molecule has 1 unspecified atom stereocenters. The standard InChI is InChI=1S/C30H24ClFN2O4S/c1-3-37-29(36)26-18(2)33-30-34(27(26)21-8-12-23(32)13-9-21)28(35)25(39-30)16-19-6-14-24(15-7-19)38-17-20-4-10-22(31)11-5-20/h4-16,27H,3,17H2,1-2H3/b25-16-. The summed E-state index contributed by atoms with van der Waals surface area (Å²) >= 11 is 7.16. The van der Waals surface area contributed by atoms with Gasteiger partial charge in [0, 0.05) is 5.02 Å². The van der Waals surface area contributed by atoms with Gasteiger partial charge in [0.25, 0.3) is 5.56 Å². The molecule has 0 fully saturated rings. The predicted octanol–water partition coefficient (Wildman–Crippen LogP) is 5.17. The maximum atomic E-state index is 13.7. The summed E-state index contributed by atoms with van der Waals surface area (Å²) in [7, 11) is 0. The van der Waals surface area contributed by atoms with Crippen molar-refractivity contribution in [1.29, 1.82) is 0 Å². The van der Waals surface area contributed by atoms with E-state index < -0.39 is 17.8 Å². The number of fused-ring (bicyclic) bond motifs is 1. The van der Waals surface area contributed by atoms with Crippen molar-refractivity contribution in [2.24, 2.45) is 4.99 Å². The zero-order chi connectivity index (χ0) is 27.5. The van der Waals surface area contributed by atoms with E-state index in [0.29, 0.717) is 38.0 Å². The van der Waals surface area contributed by atoms with Crippen molar-refractivity contribution in [1.82, 2.24) is 4.57 Å². The molecule has 6 nitrogen and oxygen atoms in total. The Morgan fingerprint density at radius 1 is 1.08 bits per heavy atom. The van der Waals surface area contributed by atoms with Crippen molar-refractivity contribution >= 4 is 35.0 Å². The van der Waals surface area contributed by atoms with Crippen LogP contribution in [0.1, 0.15) is 36.6 Å². The first-order valence-corrected chi connectivity index (χ1v) is 13.5. The Morgan fingerprint density at radius 3 is 2.44 bits per heavy atom. The Hall–Kier alpha value is -4.01. The van der Waals surface area contributed by atoms with E-state index in [1.165, 1.54) is 28.0 Å². The van der Waals surface area contributed by atoms with Gasteiger partial charge in [-0.05, 0) is 73.0 Å². The average Bonchev–Trinajstić information content (AvgIpc) is 3.23. The van der Waals surface area contributed by atoms with Crippen molar-refractivity contribution in [3.8, 4) is 5.75 Å². The van der Waals surface area contributed by atoms with Crippen molar-refractivity contribution < 1.29 is 18.7 Å². The Labute approximate surface area is 232 Å². The fourth-order valence-electron chi connectivity index (χ4n) is 4.31. The lowest BCUT2D eigenvalue weighted by Crippen LogP contribution is -2.39. The van der Waals surface area contributed by atoms with Gasteiger partial charge in [0.2, 0.25) is 0 Å². The third-order valence-electron chi connectivity index (χ3n) is 6.20. The van der Waals surface area contributed by atoms with Gasteiger partial charge < -0.3 is 9.47 Å². The predicted molar refractivity (Wildman–Crippen MR) is 149 cm³/mol. The van der Waals surface area contributed by atoms with Gasteiger partial charge in [0.1, 0.15) is 18.2 Å². The van der Waals surface area contributed by atoms with Crippen LogP contribution in [0.15, 0.2) is 93.9 Å². The van der Waals surface area contributed by atoms with Crippen LogP contribution in [0, 0.1) is 5.82 Å². The second kappa shape index (κ2) is 11.4. The van der Waals surface area contributed by atoms with Crippen molar-refractivity contribution in [2.75, 3.05) is 6.61 Å². The molecule has 0 aliphatic carbocycles. The number of ether oxygens (including phenoxy) is 2. The average molecular weight is 563 g/mol. The highest BCUT2D eigenvalue weighted by molar-refractivity contribution is 7.07. The number of halogens is 2. The number of aromatic nitrogens is 1. The zero-order valence-corrected chi connectivity index (χ0v) is 22.8. The quantitative estimate of drug-likeness (QED) is 0.291. The van der Waals surface area contributed by atoms with Crippen LogP contribution in [0.2, 0.25) is 5.02 Å². The Morgan fingerprint density at radius 2 is 1.77 bits per heavy atom. The van der Waals surface area contributed by atoms with E-state index in [4.69, 9.17) is 21.1 Å². The van der Waals surface area contributed by atoms with E-state index in [1.807, 2.05) is 48.5 Å². The third kappa shape index (κ3) is 5.72. The minimum atomic E-state index is -0.785. The number of thiazole rings is 1. The minimum absolute atomic E-state index is 0.176. The van der Waals surface area contributed by atoms with Gasteiger partial charge in [0.05, 0.1) is 28.5 Å². The highest BCUT2D eigenvalue weighted by Gasteiger charge is 2.33. The molecule has 39 heavy (non-hydrogen) atoms. The summed E-state index contributed by atoms with van der Waals surface area (Å²) in [4.78, 5) is 31.6. The molecule has 0 radical (unpaired) electrons. The zero-order valence-electron chi connectivity index (χ0n) is 21.2. The van der Waals surface area contributed by atoms with Crippen LogP contribution in [0.3, 0.4) is 0 Å². The highest BCUT2D eigenvalue weighted by atomic mass is 35.5. The fraction of sp³-hybridized carbons (Fsp3) is 0.167. The number of hydrogen-bond donors (Lipinski definition) is 0. The molecular weight excluding hydrogens is 539 g/mol. The summed E-state index contributed by atoms with van der Waals surface area (Å²) < 4.78 is 26.8. The number of hydrogen-bond acceptors (Lipinski definition) is 6. The molecule has 1 aliphatic rings. The molecule has 0 amide bonds. The molecule has 0 saturated heterocycles. The Bertz CT molecular complexity index is 1720. The van der Waals surface area contributed by atoms with Crippen LogP contribution in [0.5, 0.6) is 5.75 Å². The minimum Gasteiger partial charge on any atom is -0.489 e. The van der Waals surface area contributed by atoms with E-state index >= 15 is 0 Å². The number of benzene rings is 3. The molecule has 1 atom stereocenters. The van der Waals surface area contributed by atoms with Gasteiger partial charge in [0.15, 0.2) is 4.80 Å². The van der Waals surface area contributed by atoms with Crippen LogP contribution in [0.25, 0.3) is 6.08 Å². The van der Waals surface area contributed by atoms with Crippen LogP contribution in [-0.2, 0) is 16.1 Å². The number of allylic oxidation sites excluding steroid dienone is 1. The summed E-state index contributed by atoms with van der Waals surface area (Å²) in [5.74, 6) is -0.281. The van der Waals surface area contributed by atoms with Gasteiger partial charge in [-0.15, -0.1) is 0 Å². The van der Waals surface area contributed by atoms with E-state index in [1.54, 1.807) is 32.1 Å². The smallest absolute Gasteiger partial charge is 0.338 e. The van der Waals surface area contributed by atoms with Gasteiger partial charge in [-0.2, -0.15) is 0 Å². The first-order valence-electron chi connectivity index (χ1n) is 12.3. The summed E-state index contributed by atoms with van der Waals surface area (Å²) in [6, 6.07) is 19.8. The number of nitrogens with zero attached hydrogens (tertiary/aromatic N) is 2. The number of carbonyl (C=O) groups is 1. The van der Waals surface area contributed by atoms with Gasteiger partial charge >= 0.3 is 5.97 Å². The molecule has 198 valence electrons. The van der Waals surface area contributed by atoms with E-state index in [2.05, 4.69) is 4.99 Å². The Balaban J connectivity index is 1.48. The fourth-order valence-corrected chi connectivity index (χ4v) is 5.48. The SMILES string of the molecule is CCOC(=O)C1=C(C)N=c2s/c(=C\c3ccc(OCc4ccc(Cl)cc4)cc3)c(=O)n2C1c1ccc(F)cc1. The molecule has 0 spiro atoms. The van der Waals surface area contributed by atoms with Crippen LogP contribution in [0.4, 0.5) is 4.39 Å². The van der Waals surface area contributed by atoms with Crippen LogP contribution in [-0.4, -0.2) is 17.1 Å². The molecule has 3 aromatic carbocycles. The number of esters is 1. The highest BCUT2D eigenvalue weighted by Crippen LogP contribution is 2.30. The lowest BCUT2D eigenvalue weighted by Gasteiger charge is -2.24. The maximum absolute atomic E-state index is 13.7. The largest absolute Gasteiger partial charge is 0.489 e. The molecule has 0 saturated carbocycles. The van der Waals surface area contributed by atoms with Crippen molar-refractivity contribution in [2.45, 2.75) is 26.5 Å². The topological polar surface area (TPSA) is 69.9 Å². The first-order chi connectivity index (χ1) is 18.8. The summed E-state index contributed by atoms with van der Waals surface area (Å²) in [6.07, 6.45) is 1.78. The molecule has 2 heterocycles. The Kier molecular flexibility index (Phi) is 7.77. The molecule has 1 aliphatic heterocycles. The summed E-state index contributed by atoms with van der Waals surface area (Å²) in [6.45, 7) is 4.00. The van der Waals surface area contributed by atoms with E-state index in [-0.39, 0.29) is 17.7 Å². The lowest BCUT2D eigenvalue weighted by atomic mass is 9.96. The lowest BCUT2D eigenvalue weighted by molar-refractivity contribution is -0.139. The molecule has 4 aromatic rings. The van der Waals surface area contributed by atoms with Crippen LogP contribution < -0.4 is 19.6 Å². The van der Waals surface area contributed by atoms with Crippen LogP contribution >= 0.6 is 22.9 Å². The van der Waals surface area contributed by atoms with E-state index in [9.17, 15) is 14.0 Å². The van der Waals surface area contributed by atoms with Gasteiger partial charge in [-0.25, -0.2) is 14.2 Å². The second-order valence-corrected chi connectivity index (χ2v) is 10.3. The van der Waals surface area contributed by atoms with Gasteiger partial charge in [-0.1, -0.05) is 59.3 Å². The second-order valence-electron chi connectivity index (χ2n) is 8.84. The molecule has 0 bridgehead atoms. The summed E-state index contributed by atoms with van der Waals surface area (Å²) in [5, 5.41) is 0.671. The monoisotopic (exact) mass is 562 g/mol. The normalized spacial score (nSPS) is 15.1. The van der Waals surface area contributed by atoms with Gasteiger partial charge in [-0.3, -0.25) is 9.36 Å². The van der Waals surface area contributed by atoms with Crippen molar-refractivity contribution in [3.05, 3.63) is 131 Å². The van der Waals surface area contributed by atoms with Crippen molar-refractivity contribution in [3.63, 3.8) is 0 Å². The summed E-state index contributed by atoms with van der Waals surface area (Å²) in [5.41, 5.74) is 2.80. The molecule has 0 N–H and O–H groups in total. The van der Waals surface area contributed by atoms with E-state index in [0.717, 1.165) is 11.1 Å². The maximum Gasteiger partial charge on any atom is 0.338 e. The number of rotatable bonds is 7.